The number of hydrogen-bond donors (Lipinski definition) is 3. The molecule has 0 aliphatic carbocycles. The standard InChI is InChI=1S/C37H60O7/c1-4-5-16-24-33(38)26-19-14-15-20-27-34(39)25-18-11-7-9-13-22-29-37(42)44-31-35(40)30-43-36(41)28-21-12-8-6-10-17-23-32(2)3/h5,9,11,13-16,18-20,26-27,32-35,38-40H,4,6-8,10,12,17,21-25,28-31H2,1-3H3/b13-9-,15-14-,16-5-,18-11-,26-19+,27-20+/t33-,34+,35-/m1/s1. The van der Waals surface area contributed by atoms with E-state index < -0.39 is 24.3 Å². The molecule has 0 unspecified atom stereocenters. The third-order valence-corrected chi connectivity index (χ3v) is 6.56. The molecule has 0 spiro atoms. The minimum Gasteiger partial charge on any atom is -0.463 e. The van der Waals surface area contributed by atoms with Crippen LogP contribution in [0.15, 0.2) is 72.9 Å². The maximum atomic E-state index is 11.9. The molecular weight excluding hydrogens is 556 g/mol. The summed E-state index contributed by atoms with van der Waals surface area (Å²) in [5.41, 5.74) is 0. The maximum absolute atomic E-state index is 11.9. The molecule has 0 saturated heterocycles. The van der Waals surface area contributed by atoms with E-state index in [0.29, 0.717) is 32.1 Å². The van der Waals surface area contributed by atoms with Crippen LogP contribution in [0.3, 0.4) is 0 Å². The van der Waals surface area contributed by atoms with Crippen molar-refractivity contribution in [3.8, 4) is 0 Å². The number of carbonyl (C=O) groups excluding carboxylic acids is 2. The summed E-state index contributed by atoms with van der Waals surface area (Å²) in [6.45, 7) is 6.17. The molecule has 7 nitrogen and oxygen atoms in total. The molecule has 0 radical (unpaired) electrons. The summed E-state index contributed by atoms with van der Waals surface area (Å²) in [5.74, 6) is 0.0175. The van der Waals surface area contributed by atoms with Gasteiger partial charge in [-0.25, -0.2) is 0 Å². The summed E-state index contributed by atoms with van der Waals surface area (Å²) in [5, 5.41) is 29.7. The molecule has 0 saturated carbocycles. The first-order valence-corrected chi connectivity index (χ1v) is 16.6. The normalized spacial score (nSPS) is 14.7. The first-order valence-electron chi connectivity index (χ1n) is 16.6. The van der Waals surface area contributed by atoms with Crippen molar-refractivity contribution in [3.63, 3.8) is 0 Å². The Bertz CT molecular complexity index is 882. The fraction of sp³-hybridized carbons (Fsp3) is 0.622. The van der Waals surface area contributed by atoms with Crippen LogP contribution < -0.4 is 0 Å². The fourth-order valence-electron chi connectivity index (χ4n) is 4.00. The summed E-state index contributed by atoms with van der Waals surface area (Å²) < 4.78 is 10.2. The van der Waals surface area contributed by atoms with Gasteiger partial charge in [-0.1, -0.05) is 132 Å². The van der Waals surface area contributed by atoms with Gasteiger partial charge in [0.15, 0.2) is 0 Å². The molecule has 0 aliphatic rings. The summed E-state index contributed by atoms with van der Waals surface area (Å²) in [6.07, 6.45) is 31.9. The van der Waals surface area contributed by atoms with E-state index in [0.717, 1.165) is 31.6 Å². The second kappa shape index (κ2) is 30.3. The molecule has 3 N–H and O–H groups in total. The van der Waals surface area contributed by atoms with Gasteiger partial charge in [-0.2, -0.15) is 0 Å². The van der Waals surface area contributed by atoms with Crippen LogP contribution in [0, 0.1) is 5.92 Å². The van der Waals surface area contributed by atoms with Gasteiger partial charge < -0.3 is 24.8 Å². The third kappa shape index (κ3) is 30.7. The zero-order valence-electron chi connectivity index (χ0n) is 27.5. The summed E-state index contributed by atoms with van der Waals surface area (Å²) in [4.78, 5) is 23.7. The maximum Gasteiger partial charge on any atom is 0.306 e. The summed E-state index contributed by atoms with van der Waals surface area (Å²) in [7, 11) is 0. The highest BCUT2D eigenvalue weighted by Crippen LogP contribution is 2.12. The van der Waals surface area contributed by atoms with E-state index in [-0.39, 0.29) is 25.6 Å². The Hall–Kier alpha value is -2.74. The number of carbonyl (C=O) groups is 2. The molecular formula is C37H60O7. The topological polar surface area (TPSA) is 113 Å². The molecule has 3 atom stereocenters. The number of rotatable bonds is 27. The van der Waals surface area contributed by atoms with Crippen LogP contribution in [0.5, 0.6) is 0 Å². The smallest absolute Gasteiger partial charge is 0.306 e. The quantitative estimate of drug-likeness (QED) is 0.0376. The van der Waals surface area contributed by atoms with E-state index in [9.17, 15) is 24.9 Å². The van der Waals surface area contributed by atoms with Crippen molar-refractivity contribution in [1.29, 1.82) is 0 Å². The predicted molar refractivity (Wildman–Crippen MR) is 180 cm³/mol. The van der Waals surface area contributed by atoms with E-state index in [2.05, 4.69) is 20.8 Å². The van der Waals surface area contributed by atoms with Gasteiger partial charge in [-0.05, 0) is 44.4 Å². The second-order valence-electron chi connectivity index (χ2n) is 11.4. The van der Waals surface area contributed by atoms with Crippen molar-refractivity contribution >= 4 is 11.9 Å². The van der Waals surface area contributed by atoms with Gasteiger partial charge in [0.25, 0.3) is 0 Å². The molecule has 0 amide bonds. The van der Waals surface area contributed by atoms with Gasteiger partial charge in [0.05, 0.1) is 12.2 Å². The Morgan fingerprint density at radius 2 is 1.16 bits per heavy atom. The molecule has 0 aromatic rings. The highest BCUT2D eigenvalue weighted by atomic mass is 16.6. The van der Waals surface area contributed by atoms with Gasteiger partial charge in [-0.15, -0.1) is 0 Å². The number of hydrogen-bond acceptors (Lipinski definition) is 7. The molecule has 7 heteroatoms. The Morgan fingerprint density at radius 3 is 1.75 bits per heavy atom. The lowest BCUT2D eigenvalue weighted by Crippen LogP contribution is -2.25. The first kappa shape index (κ1) is 41.3. The molecule has 0 aromatic carbocycles. The molecule has 0 bridgehead atoms. The third-order valence-electron chi connectivity index (χ3n) is 6.56. The number of esters is 2. The zero-order chi connectivity index (χ0) is 32.7. The van der Waals surface area contributed by atoms with Gasteiger partial charge in [0.2, 0.25) is 0 Å². The Balaban J connectivity index is 3.81. The number of aliphatic hydroxyl groups excluding tert-OH is 3. The van der Waals surface area contributed by atoms with E-state index in [4.69, 9.17) is 9.47 Å². The van der Waals surface area contributed by atoms with Gasteiger partial charge in [-0.3, -0.25) is 9.59 Å². The van der Waals surface area contributed by atoms with Crippen LogP contribution in [0.25, 0.3) is 0 Å². The molecule has 250 valence electrons. The lowest BCUT2D eigenvalue weighted by atomic mass is 10.0. The molecule has 0 aliphatic heterocycles. The molecule has 0 rings (SSSR count). The second-order valence-corrected chi connectivity index (χ2v) is 11.4. The Morgan fingerprint density at radius 1 is 0.636 bits per heavy atom. The van der Waals surface area contributed by atoms with E-state index in [1.807, 2.05) is 42.5 Å². The van der Waals surface area contributed by atoms with Crippen LogP contribution in [0.1, 0.15) is 111 Å². The van der Waals surface area contributed by atoms with Crippen LogP contribution in [-0.2, 0) is 19.1 Å². The number of unbranched alkanes of at least 4 members (excludes halogenated alkanes) is 5. The van der Waals surface area contributed by atoms with Crippen molar-refractivity contribution in [2.24, 2.45) is 5.92 Å². The average Bonchev–Trinajstić information content (AvgIpc) is 2.99. The highest BCUT2D eigenvalue weighted by Gasteiger charge is 2.11. The molecule has 0 heterocycles. The predicted octanol–water partition coefficient (Wildman–Crippen LogP) is 7.63. The Kier molecular flexibility index (Phi) is 28.4. The van der Waals surface area contributed by atoms with E-state index >= 15 is 0 Å². The van der Waals surface area contributed by atoms with Crippen LogP contribution in [0.4, 0.5) is 0 Å². The van der Waals surface area contributed by atoms with Gasteiger partial charge in [0, 0.05) is 12.8 Å². The van der Waals surface area contributed by atoms with Crippen molar-refractivity contribution in [2.75, 3.05) is 13.2 Å². The number of ether oxygens (including phenoxy) is 2. The van der Waals surface area contributed by atoms with Crippen molar-refractivity contribution in [3.05, 3.63) is 72.9 Å². The highest BCUT2D eigenvalue weighted by molar-refractivity contribution is 5.70. The van der Waals surface area contributed by atoms with Crippen molar-refractivity contribution < 1.29 is 34.4 Å². The van der Waals surface area contributed by atoms with Crippen molar-refractivity contribution in [2.45, 2.75) is 129 Å². The van der Waals surface area contributed by atoms with Crippen LogP contribution in [-0.4, -0.2) is 58.8 Å². The lowest BCUT2D eigenvalue weighted by molar-refractivity contribution is -0.152. The van der Waals surface area contributed by atoms with E-state index in [1.165, 1.54) is 25.7 Å². The van der Waals surface area contributed by atoms with Crippen LogP contribution in [0.2, 0.25) is 0 Å². The SMILES string of the molecule is CC/C=C\C[C@@H](O)/C=C/C=C\C=C\[C@@H](O)C/C=C\C/C=C\CCC(=O)OC[C@H](O)COC(=O)CCCCCCCCC(C)C. The fourth-order valence-corrected chi connectivity index (χ4v) is 4.00. The van der Waals surface area contributed by atoms with E-state index in [1.54, 1.807) is 30.4 Å². The Labute approximate surface area is 267 Å². The average molecular weight is 617 g/mol. The molecule has 0 fully saturated rings. The van der Waals surface area contributed by atoms with Crippen LogP contribution >= 0.6 is 0 Å². The minimum atomic E-state index is -1.03. The molecule has 44 heavy (non-hydrogen) atoms. The largest absolute Gasteiger partial charge is 0.463 e. The lowest BCUT2D eigenvalue weighted by Gasteiger charge is -2.12. The van der Waals surface area contributed by atoms with Gasteiger partial charge >= 0.3 is 11.9 Å². The van der Waals surface area contributed by atoms with Crippen molar-refractivity contribution in [1.82, 2.24) is 0 Å². The minimum absolute atomic E-state index is 0.172. The monoisotopic (exact) mass is 616 g/mol. The first-order chi connectivity index (χ1) is 21.2. The summed E-state index contributed by atoms with van der Waals surface area (Å²) in [6, 6.07) is 0. The van der Waals surface area contributed by atoms with Gasteiger partial charge in [0.1, 0.15) is 19.3 Å². The number of aliphatic hydroxyl groups is 3. The molecule has 0 aromatic heterocycles. The number of allylic oxidation sites excluding steroid dienone is 8. The zero-order valence-corrected chi connectivity index (χ0v) is 27.5. The summed E-state index contributed by atoms with van der Waals surface area (Å²) >= 11 is 0.